The maximum Gasteiger partial charge on any atom is 0.254 e. The largest absolute Gasteiger partial charge is 0.497 e. The summed E-state index contributed by atoms with van der Waals surface area (Å²) in [6.45, 7) is 0.199. The summed E-state index contributed by atoms with van der Waals surface area (Å²) in [5, 5.41) is 8.64. The minimum Gasteiger partial charge on any atom is -0.497 e. The molecule has 6 heteroatoms. The standard InChI is InChI=1S/C16H13ClN2O3/c1-20-13-6-2-11(3-7-13)16-19-18-15(22-16)10-21-14-8-4-12(17)5-9-14/h2-9H,10H2,1H3. The Morgan fingerprint density at radius 2 is 1.64 bits per heavy atom. The molecule has 0 radical (unpaired) electrons. The van der Waals surface area contributed by atoms with E-state index in [1.54, 1.807) is 31.4 Å². The van der Waals surface area contributed by atoms with E-state index in [0.717, 1.165) is 11.3 Å². The van der Waals surface area contributed by atoms with E-state index in [-0.39, 0.29) is 6.61 Å². The fraction of sp³-hybridized carbons (Fsp3) is 0.125. The van der Waals surface area contributed by atoms with Gasteiger partial charge in [-0.25, -0.2) is 0 Å². The van der Waals surface area contributed by atoms with E-state index < -0.39 is 0 Å². The maximum atomic E-state index is 5.82. The molecule has 0 N–H and O–H groups in total. The van der Waals surface area contributed by atoms with Crippen LogP contribution in [0.1, 0.15) is 5.89 Å². The highest BCUT2D eigenvalue weighted by Crippen LogP contribution is 2.22. The summed E-state index contributed by atoms with van der Waals surface area (Å²) in [5.41, 5.74) is 0.825. The van der Waals surface area contributed by atoms with Gasteiger partial charge in [-0.2, -0.15) is 0 Å². The molecule has 5 nitrogen and oxygen atoms in total. The minimum atomic E-state index is 0.199. The highest BCUT2D eigenvalue weighted by Gasteiger charge is 2.09. The molecule has 0 unspecified atom stereocenters. The number of aromatic nitrogens is 2. The van der Waals surface area contributed by atoms with E-state index in [2.05, 4.69) is 10.2 Å². The molecule has 0 fully saturated rings. The summed E-state index contributed by atoms with van der Waals surface area (Å²) >= 11 is 5.82. The van der Waals surface area contributed by atoms with Crippen LogP contribution in [0.2, 0.25) is 5.02 Å². The first kappa shape index (κ1) is 14.4. The molecule has 0 bridgehead atoms. The van der Waals surface area contributed by atoms with Gasteiger partial charge in [0, 0.05) is 10.6 Å². The molecule has 112 valence electrons. The lowest BCUT2D eigenvalue weighted by atomic mass is 10.2. The van der Waals surface area contributed by atoms with E-state index in [9.17, 15) is 0 Å². The van der Waals surface area contributed by atoms with Crippen molar-refractivity contribution < 1.29 is 13.9 Å². The average molecular weight is 317 g/mol. The first-order valence-electron chi connectivity index (χ1n) is 6.60. The summed E-state index contributed by atoms with van der Waals surface area (Å²) in [4.78, 5) is 0. The quantitative estimate of drug-likeness (QED) is 0.712. The van der Waals surface area contributed by atoms with Crippen molar-refractivity contribution in [2.75, 3.05) is 7.11 Å². The first-order valence-corrected chi connectivity index (χ1v) is 6.97. The third-order valence-electron chi connectivity index (χ3n) is 2.98. The lowest BCUT2D eigenvalue weighted by molar-refractivity contribution is 0.264. The Labute approximate surface area is 132 Å². The van der Waals surface area contributed by atoms with Crippen LogP contribution in [0, 0.1) is 0 Å². The highest BCUT2D eigenvalue weighted by molar-refractivity contribution is 6.30. The van der Waals surface area contributed by atoms with Crippen molar-refractivity contribution in [3.8, 4) is 23.0 Å². The lowest BCUT2D eigenvalue weighted by Crippen LogP contribution is -1.95. The number of halogens is 1. The molecule has 3 aromatic rings. The number of nitrogens with zero attached hydrogens (tertiary/aromatic N) is 2. The van der Waals surface area contributed by atoms with Gasteiger partial charge in [-0.1, -0.05) is 11.6 Å². The molecule has 0 atom stereocenters. The van der Waals surface area contributed by atoms with Crippen LogP contribution in [0.5, 0.6) is 11.5 Å². The third kappa shape index (κ3) is 3.38. The van der Waals surface area contributed by atoms with Gasteiger partial charge < -0.3 is 13.9 Å². The number of hydrogen-bond acceptors (Lipinski definition) is 5. The molecule has 1 heterocycles. The molecule has 2 aromatic carbocycles. The van der Waals surface area contributed by atoms with Gasteiger partial charge in [0.25, 0.3) is 5.89 Å². The number of benzene rings is 2. The zero-order valence-corrected chi connectivity index (χ0v) is 12.6. The first-order chi connectivity index (χ1) is 10.7. The minimum absolute atomic E-state index is 0.199. The van der Waals surface area contributed by atoms with Gasteiger partial charge in [-0.3, -0.25) is 0 Å². The van der Waals surface area contributed by atoms with Crippen LogP contribution in [0.25, 0.3) is 11.5 Å². The van der Waals surface area contributed by atoms with Crippen molar-refractivity contribution in [3.05, 3.63) is 59.4 Å². The van der Waals surface area contributed by atoms with Gasteiger partial charge in [0.2, 0.25) is 5.89 Å². The SMILES string of the molecule is COc1ccc(-c2nnc(COc3ccc(Cl)cc3)o2)cc1. The monoisotopic (exact) mass is 316 g/mol. The summed E-state index contributed by atoms with van der Waals surface area (Å²) in [5.74, 6) is 2.31. The fourth-order valence-corrected chi connectivity index (χ4v) is 1.96. The summed E-state index contributed by atoms with van der Waals surface area (Å²) in [6, 6.07) is 14.5. The maximum absolute atomic E-state index is 5.82. The number of ether oxygens (including phenoxy) is 2. The Kier molecular flexibility index (Phi) is 4.25. The van der Waals surface area contributed by atoms with Crippen molar-refractivity contribution in [1.29, 1.82) is 0 Å². The molecule has 0 saturated heterocycles. The Balaban J connectivity index is 1.66. The molecule has 0 aliphatic heterocycles. The molecule has 0 amide bonds. The Bertz CT molecular complexity index is 739. The topological polar surface area (TPSA) is 57.4 Å². The van der Waals surface area contributed by atoms with Gasteiger partial charge >= 0.3 is 0 Å². The summed E-state index contributed by atoms with van der Waals surface area (Å²) in [7, 11) is 1.62. The summed E-state index contributed by atoms with van der Waals surface area (Å²) < 4.78 is 16.2. The van der Waals surface area contributed by atoms with Gasteiger partial charge in [0.15, 0.2) is 6.61 Å². The van der Waals surface area contributed by atoms with E-state index >= 15 is 0 Å². The molecular formula is C16H13ClN2O3. The molecular weight excluding hydrogens is 304 g/mol. The molecule has 1 aromatic heterocycles. The second-order valence-electron chi connectivity index (χ2n) is 4.47. The van der Waals surface area contributed by atoms with Gasteiger partial charge in [0.1, 0.15) is 11.5 Å². The van der Waals surface area contributed by atoms with Crippen molar-refractivity contribution in [1.82, 2.24) is 10.2 Å². The Morgan fingerprint density at radius 3 is 2.32 bits per heavy atom. The van der Waals surface area contributed by atoms with Crippen LogP contribution in [-0.4, -0.2) is 17.3 Å². The Hall–Kier alpha value is -2.53. The molecule has 3 rings (SSSR count). The van der Waals surface area contributed by atoms with Crippen LogP contribution in [-0.2, 0) is 6.61 Å². The van der Waals surface area contributed by atoms with Gasteiger partial charge in [-0.15, -0.1) is 10.2 Å². The third-order valence-corrected chi connectivity index (χ3v) is 3.23. The highest BCUT2D eigenvalue weighted by atomic mass is 35.5. The van der Waals surface area contributed by atoms with Crippen LogP contribution >= 0.6 is 11.6 Å². The van der Waals surface area contributed by atoms with Gasteiger partial charge in [0.05, 0.1) is 7.11 Å². The van der Waals surface area contributed by atoms with Crippen LogP contribution in [0.3, 0.4) is 0 Å². The smallest absolute Gasteiger partial charge is 0.254 e. The van der Waals surface area contributed by atoms with E-state index in [0.29, 0.717) is 22.6 Å². The van der Waals surface area contributed by atoms with Crippen LogP contribution in [0.4, 0.5) is 0 Å². The Morgan fingerprint density at radius 1 is 0.955 bits per heavy atom. The lowest BCUT2D eigenvalue weighted by Gasteiger charge is -2.02. The fourth-order valence-electron chi connectivity index (χ4n) is 1.84. The van der Waals surface area contributed by atoms with E-state index in [1.807, 2.05) is 24.3 Å². The predicted molar refractivity (Wildman–Crippen MR) is 82.1 cm³/mol. The summed E-state index contributed by atoms with van der Waals surface area (Å²) in [6.07, 6.45) is 0. The molecule has 0 aliphatic carbocycles. The second-order valence-corrected chi connectivity index (χ2v) is 4.91. The molecule has 0 aliphatic rings. The molecule has 0 saturated carbocycles. The van der Waals surface area contributed by atoms with Crippen LogP contribution in [0.15, 0.2) is 52.9 Å². The van der Waals surface area contributed by atoms with Crippen molar-refractivity contribution in [2.45, 2.75) is 6.61 Å². The average Bonchev–Trinajstić information content (AvgIpc) is 3.03. The second kappa shape index (κ2) is 6.49. The molecule has 22 heavy (non-hydrogen) atoms. The number of rotatable bonds is 5. The number of methoxy groups -OCH3 is 1. The van der Waals surface area contributed by atoms with E-state index in [1.165, 1.54) is 0 Å². The zero-order chi connectivity index (χ0) is 15.4. The van der Waals surface area contributed by atoms with Crippen LogP contribution < -0.4 is 9.47 Å². The predicted octanol–water partition coefficient (Wildman–Crippen LogP) is 3.98. The van der Waals surface area contributed by atoms with E-state index in [4.69, 9.17) is 25.5 Å². The number of hydrogen-bond donors (Lipinski definition) is 0. The normalized spacial score (nSPS) is 10.5. The van der Waals surface area contributed by atoms with Gasteiger partial charge in [-0.05, 0) is 48.5 Å². The van der Waals surface area contributed by atoms with Crippen molar-refractivity contribution in [2.24, 2.45) is 0 Å². The molecule has 0 spiro atoms. The van der Waals surface area contributed by atoms with Crippen molar-refractivity contribution in [3.63, 3.8) is 0 Å². The van der Waals surface area contributed by atoms with Crippen molar-refractivity contribution >= 4 is 11.6 Å². The zero-order valence-electron chi connectivity index (χ0n) is 11.8.